The van der Waals surface area contributed by atoms with Crippen molar-refractivity contribution in [1.29, 1.82) is 0 Å². The van der Waals surface area contributed by atoms with E-state index in [0.717, 1.165) is 32.6 Å². The Morgan fingerprint density at radius 2 is 1.86 bits per heavy atom. The molecule has 0 heterocycles. The SMILES string of the molecule is CCN(CCCN(C)C)CCC(=O)c1cccc(Cl)c1Cl. The summed E-state index contributed by atoms with van der Waals surface area (Å²) in [5.41, 5.74) is 0.522. The number of halogens is 2. The molecule has 118 valence electrons. The van der Waals surface area contributed by atoms with Crippen LogP contribution in [-0.4, -0.2) is 55.9 Å². The van der Waals surface area contributed by atoms with Gasteiger partial charge in [0, 0.05) is 18.5 Å². The molecule has 0 spiro atoms. The van der Waals surface area contributed by atoms with Gasteiger partial charge in [0.1, 0.15) is 0 Å². The molecule has 0 aliphatic heterocycles. The molecule has 0 saturated carbocycles. The molecular weight excluding hydrogens is 307 g/mol. The van der Waals surface area contributed by atoms with Crippen LogP contribution < -0.4 is 0 Å². The minimum Gasteiger partial charge on any atom is -0.309 e. The largest absolute Gasteiger partial charge is 0.309 e. The molecule has 0 N–H and O–H groups in total. The second-order valence-corrected chi connectivity index (χ2v) is 6.15. The molecule has 1 aromatic carbocycles. The van der Waals surface area contributed by atoms with Gasteiger partial charge in [-0.05, 0) is 52.3 Å². The predicted octanol–water partition coefficient (Wildman–Crippen LogP) is 3.84. The zero-order valence-electron chi connectivity index (χ0n) is 13.0. The molecular formula is C16H24Cl2N2O. The van der Waals surface area contributed by atoms with Crippen LogP contribution in [0.25, 0.3) is 0 Å². The van der Waals surface area contributed by atoms with Gasteiger partial charge in [-0.15, -0.1) is 0 Å². The van der Waals surface area contributed by atoms with Gasteiger partial charge in [-0.1, -0.05) is 36.2 Å². The van der Waals surface area contributed by atoms with Crippen LogP contribution >= 0.6 is 23.2 Å². The summed E-state index contributed by atoms with van der Waals surface area (Å²) in [5.74, 6) is 0.0496. The molecule has 5 heteroatoms. The molecule has 0 bridgehead atoms. The van der Waals surface area contributed by atoms with Crippen LogP contribution in [-0.2, 0) is 0 Å². The minimum absolute atomic E-state index is 0.0496. The second-order valence-electron chi connectivity index (χ2n) is 5.37. The van der Waals surface area contributed by atoms with E-state index in [2.05, 4.69) is 30.8 Å². The zero-order valence-corrected chi connectivity index (χ0v) is 14.5. The molecule has 0 atom stereocenters. The standard InChI is InChI=1S/C16H24Cl2N2O/c1-4-20(11-6-10-19(2)3)12-9-15(21)13-7-5-8-14(17)16(13)18/h5,7-8H,4,6,9-12H2,1-3H3. The van der Waals surface area contributed by atoms with Crippen LogP contribution in [0.5, 0.6) is 0 Å². The summed E-state index contributed by atoms with van der Waals surface area (Å²) in [7, 11) is 4.14. The maximum absolute atomic E-state index is 12.2. The molecule has 0 aromatic heterocycles. The maximum Gasteiger partial charge on any atom is 0.165 e. The van der Waals surface area contributed by atoms with Crippen LogP contribution in [0.3, 0.4) is 0 Å². The van der Waals surface area contributed by atoms with Crippen LogP contribution in [0.4, 0.5) is 0 Å². The lowest BCUT2D eigenvalue weighted by Gasteiger charge is -2.21. The Balaban J connectivity index is 2.48. The van der Waals surface area contributed by atoms with Gasteiger partial charge in [0.25, 0.3) is 0 Å². The van der Waals surface area contributed by atoms with Gasteiger partial charge in [0.05, 0.1) is 10.0 Å². The summed E-state index contributed by atoms with van der Waals surface area (Å²) in [6, 6.07) is 5.19. The fourth-order valence-electron chi connectivity index (χ4n) is 2.15. The van der Waals surface area contributed by atoms with Crippen molar-refractivity contribution in [3.8, 4) is 0 Å². The smallest absolute Gasteiger partial charge is 0.165 e. The van der Waals surface area contributed by atoms with E-state index in [4.69, 9.17) is 23.2 Å². The van der Waals surface area contributed by atoms with E-state index in [1.54, 1.807) is 18.2 Å². The van der Waals surface area contributed by atoms with Gasteiger partial charge in [0.2, 0.25) is 0 Å². The fourth-order valence-corrected chi connectivity index (χ4v) is 2.56. The molecule has 1 aromatic rings. The Morgan fingerprint density at radius 3 is 2.48 bits per heavy atom. The van der Waals surface area contributed by atoms with E-state index in [1.165, 1.54) is 0 Å². The number of Topliss-reactive ketones (excluding diaryl/α,β-unsaturated/α-hetero) is 1. The van der Waals surface area contributed by atoms with Crippen molar-refractivity contribution in [2.75, 3.05) is 40.3 Å². The van der Waals surface area contributed by atoms with E-state index in [-0.39, 0.29) is 5.78 Å². The Morgan fingerprint density at radius 1 is 1.14 bits per heavy atom. The number of nitrogens with zero attached hydrogens (tertiary/aromatic N) is 2. The van der Waals surface area contributed by atoms with Crippen LogP contribution in [0.15, 0.2) is 18.2 Å². The fraction of sp³-hybridized carbons (Fsp3) is 0.562. The molecule has 3 nitrogen and oxygen atoms in total. The molecule has 0 amide bonds. The van der Waals surface area contributed by atoms with Gasteiger partial charge < -0.3 is 9.80 Å². The molecule has 0 saturated heterocycles. The monoisotopic (exact) mass is 330 g/mol. The lowest BCUT2D eigenvalue weighted by Crippen LogP contribution is -2.29. The highest BCUT2D eigenvalue weighted by molar-refractivity contribution is 6.43. The molecule has 0 aliphatic carbocycles. The van der Waals surface area contributed by atoms with Gasteiger partial charge in [-0.25, -0.2) is 0 Å². The normalized spacial score (nSPS) is 11.4. The maximum atomic E-state index is 12.2. The molecule has 1 rings (SSSR count). The number of ketones is 1. The Labute approximate surface area is 137 Å². The summed E-state index contributed by atoms with van der Waals surface area (Å²) in [6.45, 7) is 5.89. The lowest BCUT2D eigenvalue weighted by molar-refractivity contribution is 0.0964. The Kier molecular flexibility index (Phi) is 8.27. The van der Waals surface area contributed by atoms with Crippen LogP contribution in [0, 0.1) is 0 Å². The van der Waals surface area contributed by atoms with Crippen LogP contribution in [0.2, 0.25) is 10.0 Å². The highest BCUT2D eigenvalue weighted by Crippen LogP contribution is 2.26. The number of carbonyl (C=O) groups is 1. The van der Waals surface area contributed by atoms with E-state index < -0.39 is 0 Å². The lowest BCUT2D eigenvalue weighted by atomic mass is 10.1. The number of rotatable bonds is 9. The summed E-state index contributed by atoms with van der Waals surface area (Å²) in [5, 5.41) is 0.792. The average Bonchev–Trinajstić information content (AvgIpc) is 2.44. The van der Waals surface area contributed by atoms with Gasteiger partial charge in [0.15, 0.2) is 5.78 Å². The first-order valence-electron chi connectivity index (χ1n) is 7.30. The first kappa shape index (κ1) is 18.4. The van der Waals surface area contributed by atoms with Crippen LogP contribution in [0.1, 0.15) is 30.1 Å². The first-order chi connectivity index (χ1) is 9.95. The molecule has 0 unspecified atom stereocenters. The second kappa shape index (κ2) is 9.42. The van der Waals surface area contributed by atoms with Gasteiger partial charge in [-0.3, -0.25) is 4.79 Å². The average molecular weight is 331 g/mol. The zero-order chi connectivity index (χ0) is 15.8. The van der Waals surface area contributed by atoms with E-state index in [9.17, 15) is 4.79 Å². The van der Waals surface area contributed by atoms with Crippen molar-refractivity contribution in [3.63, 3.8) is 0 Å². The number of benzene rings is 1. The Bertz CT molecular complexity index is 464. The van der Waals surface area contributed by atoms with Gasteiger partial charge >= 0.3 is 0 Å². The van der Waals surface area contributed by atoms with Crippen molar-refractivity contribution in [2.24, 2.45) is 0 Å². The predicted molar refractivity (Wildman–Crippen MR) is 90.7 cm³/mol. The third-order valence-electron chi connectivity index (χ3n) is 3.43. The summed E-state index contributed by atoms with van der Waals surface area (Å²) < 4.78 is 0. The third kappa shape index (κ3) is 6.35. The topological polar surface area (TPSA) is 23.6 Å². The number of hydrogen-bond acceptors (Lipinski definition) is 3. The van der Waals surface area contributed by atoms with Gasteiger partial charge in [-0.2, -0.15) is 0 Å². The molecule has 0 aliphatic rings. The third-order valence-corrected chi connectivity index (χ3v) is 4.25. The summed E-state index contributed by atoms with van der Waals surface area (Å²) in [4.78, 5) is 16.7. The van der Waals surface area contributed by atoms with Crippen molar-refractivity contribution in [3.05, 3.63) is 33.8 Å². The number of carbonyl (C=O) groups excluding carboxylic acids is 1. The summed E-state index contributed by atoms with van der Waals surface area (Å²) in [6.07, 6.45) is 1.57. The number of hydrogen-bond donors (Lipinski definition) is 0. The van der Waals surface area contributed by atoms with Crippen molar-refractivity contribution in [2.45, 2.75) is 19.8 Å². The highest BCUT2D eigenvalue weighted by atomic mass is 35.5. The van der Waals surface area contributed by atoms with Crippen molar-refractivity contribution in [1.82, 2.24) is 9.80 Å². The van der Waals surface area contributed by atoms with Crippen molar-refractivity contribution >= 4 is 29.0 Å². The Hall–Kier alpha value is -0.610. The first-order valence-corrected chi connectivity index (χ1v) is 8.05. The molecule has 0 radical (unpaired) electrons. The highest BCUT2D eigenvalue weighted by Gasteiger charge is 2.13. The molecule has 21 heavy (non-hydrogen) atoms. The minimum atomic E-state index is 0.0496. The van der Waals surface area contributed by atoms with E-state index >= 15 is 0 Å². The summed E-state index contributed by atoms with van der Waals surface area (Å²) >= 11 is 12.0. The van der Waals surface area contributed by atoms with Crippen molar-refractivity contribution < 1.29 is 4.79 Å². The van der Waals surface area contributed by atoms with E-state index in [0.29, 0.717) is 22.0 Å². The molecule has 0 fully saturated rings. The quantitative estimate of drug-likeness (QED) is 0.643. The van der Waals surface area contributed by atoms with E-state index in [1.807, 2.05) is 0 Å².